The number of benzene rings is 2. The SMILES string of the molecule is O=S(=O)(CNCS(=O)(=O)c1ccccc1)c1ccccc1. The Bertz CT molecular complexity index is 716. The van der Waals surface area contributed by atoms with Gasteiger partial charge in [-0.3, -0.25) is 5.32 Å². The van der Waals surface area contributed by atoms with Crippen molar-refractivity contribution >= 4 is 19.7 Å². The molecule has 0 saturated heterocycles. The summed E-state index contributed by atoms with van der Waals surface area (Å²) in [5.41, 5.74) is 0. The summed E-state index contributed by atoms with van der Waals surface area (Å²) < 4.78 is 48.0. The topological polar surface area (TPSA) is 80.3 Å². The molecule has 21 heavy (non-hydrogen) atoms. The predicted octanol–water partition coefficient (Wildman–Crippen LogP) is 1.44. The maximum atomic E-state index is 12.0. The van der Waals surface area contributed by atoms with Gasteiger partial charge in [0.2, 0.25) is 0 Å². The third-order valence-corrected chi connectivity index (χ3v) is 5.94. The normalized spacial score (nSPS) is 12.2. The molecule has 1 N–H and O–H groups in total. The van der Waals surface area contributed by atoms with E-state index >= 15 is 0 Å². The molecule has 2 aromatic carbocycles. The second-order valence-corrected chi connectivity index (χ2v) is 8.37. The quantitative estimate of drug-likeness (QED) is 0.869. The minimum Gasteiger partial charge on any atom is -0.290 e. The molecule has 0 aromatic heterocycles. The van der Waals surface area contributed by atoms with Gasteiger partial charge in [0, 0.05) is 0 Å². The molecule has 0 atom stereocenters. The van der Waals surface area contributed by atoms with Crippen LogP contribution in [0.15, 0.2) is 70.5 Å². The fourth-order valence-electron chi connectivity index (χ4n) is 1.73. The van der Waals surface area contributed by atoms with Crippen molar-refractivity contribution in [1.29, 1.82) is 0 Å². The van der Waals surface area contributed by atoms with Gasteiger partial charge in [-0.15, -0.1) is 0 Å². The van der Waals surface area contributed by atoms with Crippen LogP contribution in [0.5, 0.6) is 0 Å². The van der Waals surface area contributed by atoms with Crippen molar-refractivity contribution in [3.8, 4) is 0 Å². The number of rotatable bonds is 6. The van der Waals surface area contributed by atoms with Crippen molar-refractivity contribution in [2.24, 2.45) is 0 Å². The average molecular weight is 325 g/mol. The standard InChI is InChI=1S/C14H15NO4S2/c16-20(17,13-7-3-1-4-8-13)11-15-12-21(18,19)14-9-5-2-6-10-14/h1-10,15H,11-12H2. The molecule has 0 aliphatic carbocycles. The summed E-state index contributed by atoms with van der Waals surface area (Å²) in [6, 6.07) is 15.8. The van der Waals surface area contributed by atoms with E-state index in [0.717, 1.165) is 0 Å². The van der Waals surface area contributed by atoms with E-state index in [1.54, 1.807) is 36.4 Å². The van der Waals surface area contributed by atoms with Gasteiger partial charge in [0.15, 0.2) is 19.7 Å². The number of sulfone groups is 2. The van der Waals surface area contributed by atoms with E-state index in [2.05, 4.69) is 5.32 Å². The first-order valence-corrected chi connectivity index (χ1v) is 9.49. The molecule has 0 unspecified atom stereocenters. The van der Waals surface area contributed by atoms with E-state index in [0.29, 0.717) is 0 Å². The summed E-state index contributed by atoms with van der Waals surface area (Å²) in [6.45, 7) is 0. The molecule has 2 aromatic rings. The molecule has 0 aliphatic rings. The van der Waals surface area contributed by atoms with Gasteiger partial charge in [-0.05, 0) is 24.3 Å². The van der Waals surface area contributed by atoms with Crippen molar-refractivity contribution in [2.75, 3.05) is 11.8 Å². The smallest absolute Gasteiger partial charge is 0.191 e. The Balaban J connectivity index is 2.02. The highest BCUT2D eigenvalue weighted by atomic mass is 32.2. The maximum absolute atomic E-state index is 12.0. The fourth-order valence-corrected chi connectivity index (χ4v) is 4.08. The van der Waals surface area contributed by atoms with E-state index in [1.165, 1.54) is 24.3 Å². The summed E-state index contributed by atoms with van der Waals surface area (Å²) in [5, 5.41) is 2.49. The zero-order chi connectivity index (χ0) is 15.3. The second-order valence-electron chi connectivity index (χ2n) is 4.39. The molecular weight excluding hydrogens is 310 g/mol. The first-order chi connectivity index (χ1) is 9.92. The van der Waals surface area contributed by atoms with E-state index in [1.807, 2.05) is 0 Å². The fraction of sp³-hybridized carbons (Fsp3) is 0.143. The molecule has 0 fully saturated rings. The van der Waals surface area contributed by atoms with Gasteiger partial charge in [0.25, 0.3) is 0 Å². The molecule has 5 nitrogen and oxygen atoms in total. The van der Waals surface area contributed by atoms with Crippen molar-refractivity contribution in [3.63, 3.8) is 0 Å². The van der Waals surface area contributed by atoms with Crippen LogP contribution in [0.3, 0.4) is 0 Å². The molecule has 0 heterocycles. The third kappa shape index (κ3) is 4.13. The van der Waals surface area contributed by atoms with Crippen LogP contribution in [0.25, 0.3) is 0 Å². The van der Waals surface area contributed by atoms with Crippen LogP contribution in [0, 0.1) is 0 Å². The molecule has 2 rings (SSSR count). The monoisotopic (exact) mass is 325 g/mol. The van der Waals surface area contributed by atoms with E-state index in [9.17, 15) is 16.8 Å². The molecule has 0 saturated carbocycles. The lowest BCUT2D eigenvalue weighted by molar-refractivity contribution is 0.582. The Kier molecular flexibility index (Phi) is 4.76. The van der Waals surface area contributed by atoms with Crippen molar-refractivity contribution in [3.05, 3.63) is 60.7 Å². The van der Waals surface area contributed by atoms with Crippen LogP contribution in [0.4, 0.5) is 0 Å². The minimum atomic E-state index is -3.54. The van der Waals surface area contributed by atoms with Gasteiger partial charge in [-0.2, -0.15) is 0 Å². The predicted molar refractivity (Wildman–Crippen MR) is 80.1 cm³/mol. The summed E-state index contributed by atoms with van der Waals surface area (Å²) >= 11 is 0. The zero-order valence-corrected chi connectivity index (χ0v) is 12.8. The van der Waals surface area contributed by atoms with Crippen LogP contribution in [-0.4, -0.2) is 28.6 Å². The van der Waals surface area contributed by atoms with Crippen LogP contribution >= 0.6 is 0 Å². The van der Waals surface area contributed by atoms with Crippen LogP contribution in [0.1, 0.15) is 0 Å². The highest BCUT2D eigenvalue weighted by Crippen LogP contribution is 2.11. The molecule has 7 heteroatoms. The van der Waals surface area contributed by atoms with Gasteiger partial charge in [-0.25, -0.2) is 16.8 Å². The molecule has 0 radical (unpaired) electrons. The minimum absolute atomic E-state index is 0.162. The van der Waals surface area contributed by atoms with E-state index < -0.39 is 31.4 Å². The lowest BCUT2D eigenvalue weighted by Gasteiger charge is -2.07. The molecule has 112 valence electrons. The Labute approximate surface area is 124 Å². The van der Waals surface area contributed by atoms with Gasteiger partial charge < -0.3 is 0 Å². The summed E-state index contributed by atoms with van der Waals surface area (Å²) in [6.07, 6.45) is 0. The summed E-state index contributed by atoms with van der Waals surface area (Å²) in [4.78, 5) is 0.323. The Hall–Kier alpha value is -1.70. The highest BCUT2D eigenvalue weighted by Gasteiger charge is 2.17. The van der Waals surface area contributed by atoms with Gasteiger partial charge in [0.1, 0.15) is 11.8 Å². The van der Waals surface area contributed by atoms with Crippen LogP contribution in [-0.2, 0) is 19.7 Å². The zero-order valence-electron chi connectivity index (χ0n) is 11.1. The lowest BCUT2D eigenvalue weighted by atomic mass is 10.4. The second kappa shape index (κ2) is 6.38. The maximum Gasteiger partial charge on any atom is 0.191 e. The summed E-state index contributed by atoms with van der Waals surface area (Å²) in [5.74, 6) is -0.855. The summed E-state index contributed by atoms with van der Waals surface area (Å²) in [7, 11) is -7.08. The van der Waals surface area contributed by atoms with Gasteiger partial charge in [0.05, 0.1) is 9.79 Å². The average Bonchev–Trinajstić information content (AvgIpc) is 2.49. The Morgan fingerprint density at radius 3 is 1.29 bits per heavy atom. The molecule has 0 spiro atoms. The highest BCUT2D eigenvalue weighted by molar-refractivity contribution is 7.92. The first-order valence-electron chi connectivity index (χ1n) is 6.18. The largest absolute Gasteiger partial charge is 0.290 e. The number of nitrogens with one attached hydrogen (secondary N) is 1. The van der Waals surface area contributed by atoms with Crippen molar-refractivity contribution in [1.82, 2.24) is 5.32 Å². The Morgan fingerprint density at radius 2 is 0.952 bits per heavy atom. The van der Waals surface area contributed by atoms with Gasteiger partial charge in [-0.1, -0.05) is 36.4 Å². The molecule has 0 aliphatic heterocycles. The lowest BCUT2D eigenvalue weighted by Crippen LogP contribution is -2.29. The number of hydrogen-bond donors (Lipinski definition) is 1. The van der Waals surface area contributed by atoms with Crippen molar-refractivity contribution in [2.45, 2.75) is 9.79 Å². The van der Waals surface area contributed by atoms with Gasteiger partial charge >= 0.3 is 0 Å². The van der Waals surface area contributed by atoms with E-state index in [-0.39, 0.29) is 9.79 Å². The molecule has 0 amide bonds. The number of hydrogen-bond acceptors (Lipinski definition) is 5. The first kappa shape index (κ1) is 15.7. The van der Waals surface area contributed by atoms with Crippen LogP contribution < -0.4 is 5.32 Å². The van der Waals surface area contributed by atoms with Crippen molar-refractivity contribution < 1.29 is 16.8 Å². The molecule has 0 bridgehead atoms. The van der Waals surface area contributed by atoms with E-state index in [4.69, 9.17) is 0 Å². The van der Waals surface area contributed by atoms with Crippen LogP contribution in [0.2, 0.25) is 0 Å². The molecular formula is C14H15NO4S2. The third-order valence-electron chi connectivity index (χ3n) is 2.79. The Morgan fingerprint density at radius 1 is 0.619 bits per heavy atom.